The molecule has 3 nitrogen and oxygen atoms in total. The number of thiazole rings is 1. The Morgan fingerprint density at radius 1 is 1.53 bits per heavy atom. The predicted molar refractivity (Wildman–Crippen MR) is 61.2 cm³/mol. The summed E-state index contributed by atoms with van der Waals surface area (Å²) in [6, 6.07) is 0. The van der Waals surface area contributed by atoms with E-state index in [1.54, 1.807) is 11.3 Å². The summed E-state index contributed by atoms with van der Waals surface area (Å²) in [5.41, 5.74) is 1.14. The fourth-order valence-electron chi connectivity index (χ4n) is 1.23. The van der Waals surface area contributed by atoms with Crippen LogP contribution in [0.25, 0.3) is 0 Å². The van der Waals surface area contributed by atoms with Gasteiger partial charge in [0.1, 0.15) is 0 Å². The molecule has 0 bridgehead atoms. The van der Waals surface area contributed by atoms with E-state index in [0.29, 0.717) is 6.42 Å². The Labute approximate surface area is 94.2 Å². The van der Waals surface area contributed by atoms with E-state index in [9.17, 15) is 4.79 Å². The van der Waals surface area contributed by atoms with Gasteiger partial charge in [-0.25, -0.2) is 4.98 Å². The molecule has 1 N–H and O–H groups in total. The third-order valence-corrected chi connectivity index (χ3v) is 2.77. The van der Waals surface area contributed by atoms with Gasteiger partial charge in [0, 0.05) is 18.2 Å². The van der Waals surface area contributed by atoms with Crippen LogP contribution >= 0.6 is 11.3 Å². The van der Waals surface area contributed by atoms with E-state index in [1.807, 2.05) is 5.38 Å². The smallest absolute Gasteiger partial charge is 0.303 e. The highest BCUT2D eigenvalue weighted by molar-refractivity contribution is 7.09. The minimum absolute atomic E-state index is 0.165. The highest BCUT2D eigenvalue weighted by Crippen LogP contribution is 2.23. The molecule has 84 valence electrons. The van der Waals surface area contributed by atoms with Crippen LogP contribution in [0.3, 0.4) is 0 Å². The Morgan fingerprint density at radius 2 is 2.20 bits per heavy atom. The van der Waals surface area contributed by atoms with E-state index in [4.69, 9.17) is 5.11 Å². The molecule has 4 heteroatoms. The van der Waals surface area contributed by atoms with Crippen molar-refractivity contribution in [1.82, 2.24) is 4.98 Å². The molecule has 1 aromatic rings. The first kappa shape index (κ1) is 12.2. The molecule has 1 rings (SSSR count). The van der Waals surface area contributed by atoms with Crippen LogP contribution < -0.4 is 0 Å². The van der Waals surface area contributed by atoms with Gasteiger partial charge in [-0.05, 0) is 5.41 Å². The van der Waals surface area contributed by atoms with Gasteiger partial charge in [-0.2, -0.15) is 0 Å². The van der Waals surface area contributed by atoms with Crippen LogP contribution in [0.5, 0.6) is 0 Å². The SMILES string of the molecule is CC(C)(C)Cc1nc(CCC(=O)O)cs1. The molecule has 0 aliphatic rings. The Morgan fingerprint density at radius 3 is 2.73 bits per heavy atom. The number of carboxylic acids is 1. The van der Waals surface area contributed by atoms with E-state index in [0.717, 1.165) is 17.1 Å². The minimum Gasteiger partial charge on any atom is -0.481 e. The van der Waals surface area contributed by atoms with Gasteiger partial charge in [-0.1, -0.05) is 20.8 Å². The zero-order valence-electron chi connectivity index (χ0n) is 9.41. The highest BCUT2D eigenvalue weighted by atomic mass is 32.1. The standard InChI is InChI=1S/C11H17NO2S/c1-11(2,3)6-9-12-8(7-15-9)4-5-10(13)14/h7H,4-6H2,1-3H3,(H,13,14). The Balaban J connectivity index is 2.53. The third-order valence-electron chi connectivity index (χ3n) is 1.88. The molecule has 0 aromatic carbocycles. The number of aromatic nitrogens is 1. The number of aliphatic carboxylic acids is 1. The number of nitrogens with zero attached hydrogens (tertiary/aromatic N) is 1. The molecule has 1 aromatic heterocycles. The number of carboxylic acid groups (broad SMARTS) is 1. The van der Waals surface area contributed by atoms with Crippen LogP contribution in [0, 0.1) is 5.41 Å². The molecule has 1 heterocycles. The zero-order valence-corrected chi connectivity index (χ0v) is 10.2. The highest BCUT2D eigenvalue weighted by Gasteiger charge is 2.14. The third kappa shape index (κ3) is 4.93. The fraction of sp³-hybridized carbons (Fsp3) is 0.636. The van der Waals surface area contributed by atoms with Crippen molar-refractivity contribution in [3.8, 4) is 0 Å². The van der Waals surface area contributed by atoms with Crippen LogP contribution in [-0.2, 0) is 17.6 Å². The van der Waals surface area contributed by atoms with Crippen LogP contribution in [0.1, 0.15) is 37.9 Å². The summed E-state index contributed by atoms with van der Waals surface area (Å²) in [7, 11) is 0. The summed E-state index contributed by atoms with van der Waals surface area (Å²) in [5, 5.41) is 11.6. The van der Waals surface area contributed by atoms with Crippen molar-refractivity contribution in [3.05, 3.63) is 16.1 Å². The van der Waals surface area contributed by atoms with Crippen molar-refractivity contribution in [2.24, 2.45) is 5.41 Å². The molecule has 0 spiro atoms. The topological polar surface area (TPSA) is 50.2 Å². The van der Waals surface area contributed by atoms with E-state index in [2.05, 4.69) is 25.8 Å². The van der Waals surface area contributed by atoms with Crippen LogP contribution in [0.4, 0.5) is 0 Å². The number of rotatable bonds is 4. The van der Waals surface area contributed by atoms with Gasteiger partial charge in [-0.3, -0.25) is 4.79 Å². The molecule has 0 atom stereocenters. The second-order valence-electron chi connectivity index (χ2n) is 4.86. The monoisotopic (exact) mass is 227 g/mol. The molecule has 0 saturated carbocycles. The maximum absolute atomic E-state index is 10.4. The van der Waals surface area contributed by atoms with Gasteiger partial charge in [0.05, 0.1) is 17.1 Å². The van der Waals surface area contributed by atoms with Crippen LogP contribution in [-0.4, -0.2) is 16.1 Å². The second-order valence-corrected chi connectivity index (χ2v) is 5.81. The molecule has 0 unspecified atom stereocenters. The molecule has 0 radical (unpaired) electrons. The lowest BCUT2D eigenvalue weighted by Crippen LogP contribution is -2.09. The number of aryl methyl sites for hydroxylation is 1. The Kier molecular flexibility index (Phi) is 3.85. The van der Waals surface area contributed by atoms with Crippen molar-refractivity contribution in [3.63, 3.8) is 0 Å². The van der Waals surface area contributed by atoms with E-state index >= 15 is 0 Å². The van der Waals surface area contributed by atoms with Crippen molar-refractivity contribution in [2.75, 3.05) is 0 Å². The van der Waals surface area contributed by atoms with Crippen molar-refractivity contribution in [2.45, 2.75) is 40.0 Å². The molecular weight excluding hydrogens is 210 g/mol. The average Bonchev–Trinajstić information content (AvgIpc) is 2.45. The summed E-state index contributed by atoms with van der Waals surface area (Å²) in [5.74, 6) is -0.764. The molecule has 0 fully saturated rings. The first-order valence-electron chi connectivity index (χ1n) is 5.02. The quantitative estimate of drug-likeness (QED) is 0.860. The average molecular weight is 227 g/mol. The summed E-state index contributed by atoms with van der Waals surface area (Å²) in [6.45, 7) is 6.52. The zero-order chi connectivity index (χ0) is 11.5. The summed E-state index contributed by atoms with van der Waals surface area (Å²) in [4.78, 5) is 14.8. The Bertz CT molecular complexity index is 339. The molecule has 0 saturated heterocycles. The predicted octanol–water partition coefficient (Wildman–Crippen LogP) is 2.75. The Hall–Kier alpha value is -0.900. The lowest BCUT2D eigenvalue weighted by Gasteiger charge is -2.15. The number of hydrogen-bond acceptors (Lipinski definition) is 3. The maximum atomic E-state index is 10.4. The minimum atomic E-state index is -0.764. The van der Waals surface area contributed by atoms with Crippen molar-refractivity contribution in [1.29, 1.82) is 0 Å². The van der Waals surface area contributed by atoms with Gasteiger partial charge in [0.15, 0.2) is 0 Å². The van der Waals surface area contributed by atoms with E-state index in [1.165, 1.54) is 0 Å². The van der Waals surface area contributed by atoms with Gasteiger partial charge >= 0.3 is 5.97 Å². The van der Waals surface area contributed by atoms with Gasteiger partial charge in [-0.15, -0.1) is 11.3 Å². The lowest BCUT2D eigenvalue weighted by molar-refractivity contribution is -0.136. The van der Waals surface area contributed by atoms with Crippen LogP contribution in [0.2, 0.25) is 0 Å². The normalized spacial score (nSPS) is 11.7. The second kappa shape index (κ2) is 4.75. The number of carbonyl (C=O) groups is 1. The summed E-state index contributed by atoms with van der Waals surface area (Å²) < 4.78 is 0. The largest absolute Gasteiger partial charge is 0.481 e. The molecule has 0 amide bonds. The molecule has 0 aliphatic carbocycles. The fourth-order valence-corrected chi connectivity index (χ4v) is 2.36. The molecule has 15 heavy (non-hydrogen) atoms. The van der Waals surface area contributed by atoms with Gasteiger partial charge in [0.2, 0.25) is 0 Å². The summed E-state index contributed by atoms with van der Waals surface area (Å²) in [6.07, 6.45) is 1.65. The maximum Gasteiger partial charge on any atom is 0.303 e. The van der Waals surface area contributed by atoms with Gasteiger partial charge < -0.3 is 5.11 Å². The number of hydrogen-bond donors (Lipinski definition) is 1. The van der Waals surface area contributed by atoms with Crippen LogP contribution in [0.15, 0.2) is 5.38 Å². The molecule has 0 aliphatic heterocycles. The van der Waals surface area contributed by atoms with E-state index in [-0.39, 0.29) is 11.8 Å². The summed E-state index contributed by atoms with van der Waals surface area (Å²) >= 11 is 1.62. The van der Waals surface area contributed by atoms with E-state index < -0.39 is 5.97 Å². The first-order valence-corrected chi connectivity index (χ1v) is 5.90. The van der Waals surface area contributed by atoms with Crippen molar-refractivity contribution < 1.29 is 9.90 Å². The van der Waals surface area contributed by atoms with Crippen molar-refractivity contribution >= 4 is 17.3 Å². The first-order chi connectivity index (χ1) is 6.87. The van der Waals surface area contributed by atoms with Gasteiger partial charge in [0.25, 0.3) is 0 Å². The molecular formula is C11H17NO2S. The lowest BCUT2D eigenvalue weighted by atomic mass is 9.93.